The van der Waals surface area contributed by atoms with Crippen LogP contribution < -0.4 is 10.6 Å². The third-order valence-electron chi connectivity index (χ3n) is 6.02. The summed E-state index contributed by atoms with van der Waals surface area (Å²) in [5.41, 5.74) is 2.40. The molecule has 0 spiro atoms. The maximum atomic E-state index is 14.6. The van der Waals surface area contributed by atoms with Crippen LogP contribution in [0.2, 0.25) is 0 Å². The van der Waals surface area contributed by atoms with E-state index in [9.17, 15) is 17.6 Å². The van der Waals surface area contributed by atoms with Gasteiger partial charge in [-0.3, -0.25) is 0 Å². The molecule has 2 N–H and O–H groups in total. The molecule has 0 heterocycles. The Hall–Kier alpha value is -4.49. The first kappa shape index (κ1) is 24.2. The molecule has 5 nitrogen and oxygen atoms in total. The van der Waals surface area contributed by atoms with Crippen molar-refractivity contribution in [2.24, 2.45) is 0 Å². The average molecular weight is 511 g/mol. The largest absolute Gasteiger partial charge is 0.334 e. The molecule has 0 saturated carbocycles. The maximum absolute atomic E-state index is 14.6. The molecule has 0 aliphatic heterocycles. The number of rotatable bonds is 6. The topological polar surface area (TPSA) is 75.3 Å². The molecule has 5 aromatic carbocycles. The summed E-state index contributed by atoms with van der Waals surface area (Å²) >= 11 is 0. The molecule has 5 rings (SSSR count). The van der Waals surface area contributed by atoms with Gasteiger partial charge in [0.05, 0.1) is 9.79 Å². The molecule has 0 saturated heterocycles. The number of urea groups is 1. The van der Waals surface area contributed by atoms with E-state index in [0.717, 1.165) is 21.9 Å². The second-order valence-corrected chi connectivity index (χ2v) is 10.5. The van der Waals surface area contributed by atoms with E-state index >= 15 is 0 Å². The average Bonchev–Trinajstić information content (AvgIpc) is 2.93. The van der Waals surface area contributed by atoms with Crippen molar-refractivity contribution in [3.8, 4) is 11.1 Å². The molecule has 0 aliphatic carbocycles. The summed E-state index contributed by atoms with van der Waals surface area (Å²) in [5.74, 6) is -0.339. The molecule has 0 aromatic heterocycles. The summed E-state index contributed by atoms with van der Waals surface area (Å²) in [4.78, 5) is 12.8. The summed E-state index contributed by atoms with van der Waals surface area (Å²) < 4.78 is 40.1. The Morgan fingerprint density at radius 3 is 2.14 bits per heavy atom. The van der Waals surface area contributed by atoms with Crippen LogP contribution in [0.15, 0.2) is 125 Å². The lowest BCUT2D eigenvalue weighted by molar-refractivity contribution is 0.251. The van der Waals surface area contributed by atoms with Crippen molar-refractivity contribution in [3.05, 3.63) is 127 Å². The van der Waals surface area contributed by atoms with E-state index in [0.29, 0.717) is 11.3 Å². The SMILES string of the molecule is O=C(NCc1ccc(F)c(-c2ccc3ccccc3c2)c1)Nc1ccc(S(=O)(=O)c2ccccc2)cc1. The van der Waals surface area contributed by atoms with E-state index < -0.39 is 15.9 Å². The summed E-state index contributed by atoms with van der Waals surface area (Å²) in [6.07, 6.45) is 0. The number of hydrogen-bond donors (Lipinski definition) is 2. The summed E-state index contributed by atoms with van der Waals surface area (Å²) in [5, 5.41) is 7.54. The lowest BCUT2D eigenvalue weighted by Crippen LogP contribution is -2.28. The molecule has 0 atom stereocenters. The van der Waals surface area contributed by atoms with Crippen LogP contribution in [0.4, 0.5) is 14.9 Å². The predicted octanol–water partition coefficient (Wildman–Crippen LogP) is 6.80. The Labute approximate surface area is 214 Å². The number of halogens is 1. The summed E-state index contributed by atoms with van der Waals surface area (Å²) in [6, 6.07) is 32.1. The van der Waals surface area contributed by atoms with Gasteiger partial charge in [0.25, 0.3) is 0 Å². The van der Waals surface area contributed by atoms with Gasteiger partial charge >= 0.3 is 6.03 Å². The van der Waals surface area contributed by atoms with Crippen LogP contribution in [0, 0.1) is 5.82 Å². The minimum Gasteiger partial charge on any atom is -0.334 e. The van der Waals surface area contributed by atoms with Gasteiger partial charge in [0.15, 0.2) is 0 Å². The number of nitrogens with one attached hydrogen (secondary N) is 2. The van der Waals surface area contributed by atoms with Crippen LogP contribution in [-0.4, -0.2) is 14.4 Å². The first-order chi connectivity index (χ1) is 17.9. The number of carbonyl (C=O) groups is 1. The second-order valence-electron chi connectivity index (χ2n) is 8.52. The number of anilines is 1. The van der Waals surface area contributed by atoms with Gasteiger partial charge in [-0.2, -0.15) is 0 Å². The zero-order chi connectivity index (χ0) is 25.8. The van der Waals surface area contributed by atoms with Gasteiger partial charge in [0.1, 0.15) is 5.82 Å². The lowest BCUT2D eigenvalue weighted by Gasteiger charge is -2.11. The normalized spacial score (nSPS) is 11.3. The fourth-order valence-corrected chi connectivity index (χ4v) is 5.35. The predicted molar refractivity (Wildman–Crippen MR) is 144 cm³/mol. The maximum Gasteiger partial charge on any atom is 0.319 e. The smallest absolute Gasteiger partial charge is 0.319 e. The van der Waals surface area contributed by atoms with E-state index in [-0.39, 0.29) is 22.2 Å². The molecule has 0 unspecified atom stereocenters. The fourth-order valence-electron chi connectivity index (χ4n) is 4.07. The highest BCUT2D eigenvalue weighted by molar-refractivity contribution is 7.91. The number of sulfone groups is 1. The van der Waals surface area contributed by atoms with Gasteiger partial charge in [-0.1, -0.05) is 60.7 Å². The van der Waals surface area contributed by atoms with Crippen molar-refractivity contribution >= 4 is 32.3 Å². The van der Waals surface area contributed by atoms with Crippen LogP contribution in [-0.2, 0) is 16.4 Å². The first-order valence-corrected chi connectivity index (χ1v) is 13.1. The molecule has 7 heteroatoms. The molecule has 5 aromatic rings. The quantitative estimate of drug-likeness (QED) is 0.264. The van der Waals surface area contributed by atoms with Crippen LogP contribution in [0.1, 0.15) is 5.56 Å². The van der Waals surface area contributed by atoms with Crippen molar-refractivity contribution in [2.75, 3.05) is 5.32 Å². The Morgan fingerprint density at radius 1 is 0.703 bits per heavy atom. The molecular formula is C30H23FN2O3S. The van der Waals surface area contributed by atoms with Gasteiger partial charge < -0.3 is 10.6 Å². The Bertz CT molecular complexity index is 1690. The highest BCUT2D eigenvalue weighted by Crippen LogP contribution is 2.28. The Balaban J connectivity index is 1.24. The minimum absolute atomic E-state index is 0.136. The summed E-state index contributed by atoms with van der Waals surface area (Å²) in [6.45, 7) is 0.188. The number of amides is 2. The van der Waals surface area contributed by atoms with Gasteiger partial charge in [-0.25, -0.2) is 17.6 Å². The van der Waals surface area contributed by atoms with Crippen molar-refractivity contribution < 1.29 is 17.6 Å². The van der Waals surface area contributed by atoms with Gasteiger partial charge in [0.2, 0.25) is 9.84 Å². The van der Waals surface area contributed by atoms with Gasteiger partial charge in [-0.05, 0) is 76.5 Å². The minimum atomic E-state index is -3.63. The third kappa shape index (κ3) is 5.37. The molecule has 0 radical (unpaired) electrons. The van der Waals surface area contributed by atoms with Crippen molar-refractivity contribution in [1.82, 2.24) is 5.32 Å². The molecule has 0 fully saturated rings. The Morgan fingerprint density at radius 2 is 1.38 bits per heavy atom. The van der Waals surface area contributed by atoms with E-state index in [1.807, 2.05) is 42.5 Å². The van der Waals surface area contributed by atoms with E-state index in [1.54, 1.807) is 30.3 Å². The van der Waals surface area contributed by atoms with Crippen LogP contribution in [0.5, 0.6) is 0 Å². The molecule has 37 heavy (non-hydrogen) atoms. The van der Waals surface area contributed by atoms with Crippen molar-refractivity contribution in [3.63, 3.8) is 0 Å². The van der Waals surface area contributed by atoms with Crippen LogP contribution in [0.3, 0.4) is 0 Å². The number of hydrogen-bond acceptors (Lipinski definition) is 3. The third-order valence-corrected chi connectivity index (χ3v) is 7.81. The van der Waals surface area contributed by atoms with E-state index in [4.69, 9.17) is 0 Å². The zero-order valence-corrected chi connectivity index (χ0v) is 20.5. The first-order valence-electron chi connectivity index (χ1n) is 11.6. The van der Waals surface area contributed by atoms with Gasteiger partial charge in [0, 0.05) is 17.8 Å². The fraction of sp³-hybridized carbons (Fsp3) is 0.0333. The van der Waals surface area contributed by atoms with Crippen LogP contribution >= 0.6 is 0 Å². The zero-order valence-electron chi connectivity index (χ0n) is 19.7. The highest BCUT2D eigenvalue weighted by atomic mass is 32.2. The van der Waals surface area contributed by atoms with Crippen molar-refractivity contribution in [1.29, 1.82) is 0 Å². The number of fused-ring (bicyclic) bond motifs is 1. The highest BCUT2D eigenvalue weighted by Gasteiger charge is 2.17. The monoisotopic (exact) mass is 510 g/mol. The molecular weight excluding hydrogens is 487 g/mol. The molecule has 184 valence electrons. The molecule has 0 aliphatic rings. The second kappa shape index (κ2) is 10.2. The molecule has 0 bridgehead atoms. The standard InChI is InChI=1S/C30H23FN2O3S/c31-29-17-10-21(18-28(29)24-12-11-22-6-4-5-7-23(22)19-24)20-32-30(34)33-25-13-15-27(16-14-25)37(35,36)26-8-2-1-3-9-26/h1-19H,20H2,(H2,32,33,34). The van der Waals surface area contributed by atoms with E-state index in [1.165, 1.54) is 42.5 Å². The number of carbonyl (C=O) groups excluding carboxylic acids is 1. The van der Waals surface area contributed by atoms with Crippen LogP contribution in [0.25, 0.3) is 21.9 Å². The number of benzene rings is 5. The van der Waals surface area contributed by atoms with E-state index in [2.05, 4.69) is 10.6 Å². The lowest BCUT2D eigenvalue weighted by atomic mass is 9.99. The molecule has 2 amide bonds. The van der Waals surface area contributed by atoms with Gasteiger partial charge in [-0.15, -0.1) is 0 Å². The van der Waals surface area contributed by atoms with Crippen molar-refractivity contribution in [2.45, 2.75) is 16.3 Å². The Kier molecular flexibility index (Phi) is 6.70. The summed E-state index contributed by atoms with van der Waals surface area (Å²) in [7, 11) is -3.63.